The molecule has 0 heterocycles. The Morgan fingerprint density at radius 1 is 0.806 bits per heavy atom. The van der Waals surface area contributed by atoms with E-state index in [1.54, 1.807) is 26.4 Å². The molecule has 31 heavy (non-hydrogen) atoms. The van der Waals surface area contributed by atoms with Crippen LogP contribution in [0.1, 0.15) is 16.7 Å². The molecular formula is C24H26Cl3NO3. The minimum atomic E-state index is 0. The highest BCUT2D eigenvalue weighted by atomic mass is 35.5. The number of hydrogen-bond donors (Lipinski definition) is 1. The van der Waals surface area contributed by atoms with Crippen LogP contribution in [0.3, 0.4) is 0 Å². The van der Waals surface area contributed by atoms with Gasteiger partial charge in [0.05, 0.1) is 14.2 Å². The standard InChI is InChI=1S/C24H25Cl2NO3.ClH/c1-28-22-8-4-3-6-17(22)12-13-27-15-18-7-5-9-23(29-2)24(18)30-16-19-10-11-20(25)14-21(19)26;/h3-11,14,27H,12-13,15-16H2,1-2H3;1H. The van der Waals surface area contributed by atoms with Crippen LogP contribution in [0.2, 0.25) is 10.0 Å². The van der Waals surface area contributed by atoms with Gasteiger partial charge >= 0.3 is 0 Å². The summed E-state index contributed by atoms with van der Waals surface area (Å²) in [6.07, 6.45) is 0.866. The Bertz CT molecular complexity index is 982. The number of ether oxygens (including phenoxy) is 3. The van der Waals surface area contributed by atoms with E-state index >= 15 is 0 Å². The van der Waals surface area contributed by atoms with E-state index in [1.165, 1.54) is 5.56 Å². The Morgan fingerprint density at radius 2 is 1.52 bits per heavy atom. The van der Waals surface area contributed by atoms with Gasteiger partial charge in [-0.2, -0.15) is 0 Å². The first-order valence-corrected chi connectivity index (χ1v) is 10.4. The van der Waals surface area contributed by atoms with E-state index in [-0.39, 0.29) is 12.4 Å². The summed E-state index contributed by atoms with van der Waals surface area (Å²) in [6.45, 7) is 1.78. The molecule has 0 aliphatic carbocycles. The van der Waals surface area contributed by atoms with Crippen LogP contribution in [0.5, 0.6) is 17.2 Å². The normalized spacial score (nSPS) is 10.3. The smallest absolute Gasteiger partial charge is 0.166 e. The summed E-state index contributed by atoms with van der Waals surface area (Å²) in [5.74, 6) is 2.30. The predicted octanol–water partition coefficient (Wildman–Crippen LogP) is 6.34. The first-order valence-electron chi connectivity index (χ1n) is 9.67. The zero-order valence-electron chi connectivity index (χ0n) is 17.5. The lowest BCUT2D eigenvalue weighted by molar-refractivity contribution is 0.280. The maximum Gasteiger partial charge on any atom is 0.166 e. The van der Waals surface area contributed by atoms with Crippen LogP contribution in [0.4, 0.5) is 0 Å². The second kappa shape index (κ2) is 12.7. The molecule has 0 spiro atoms. The van der Waals surface area contributed by atoms with Crippen molar-refractivity contribution in [3.05, 3.63) is 87.4 Å². The molecule has 0 bridgehead atoms. The van der Waals surface area contributed by atoms with Gasteiger partial charge in [0.1, 0.15) is 12.4 Å². The van der Waals surface area contributed by atoms with Crippen LogP contribution >= 0.6 is 35.6 Å². The first kappa shape index (κ1) is 25.2. The topological polar surface area (TPSA) is 39.7 Å². The molecular weight excluding hydrogens is 457 g/mol. The highest BCUT2D eigenvalue weighted by molar-refractivity contribution is 6.35. The number of halogens is 3. The van der Waals surface area contributed by atoms with Gasteiger partial charge in [-0.3, -0.25) is 0 Å². The number of para-hydroxylation sites is 2. The van der Waals surface area contributed by atoms with Crippen molar-refractivity contribution in [3.63, 3.8) is 0 Å². The minimum absolute atomic E-state index is 0. The number of methoxy groups -OCH3 is 2. The van der Waals surface area contributed by atoms with Crippen molar-refractivity contribution < 1.29 is 14.2 Å². The van der Waals surface area contributed by atoms with Crippen molar-refractivity contribution in [2.75, 3.05) is 20.8 Å². The van der Waals surface area contributed by atoms with E-state index in [0.717, 1.165) is 29.8 Å². The van der Waals surface area contributed by atoms with Crippen LogP contribution in [0.25, 0.3) is 0 Å². The molecule has 166 valence electrons. The molecule has 0 aliphatic rings. The Labute approximate surface area is 199 Å². The number of benzene rings is 3. The van der Waals surface area contributed by atoms with Crippen LogP contribution in [-0.2, 0) is 19.6 Å². The van der Waals surface area contributed by atoms with Gasteiger partial charge in [-0.05, 0) is 42.8 Å². The summed E-state index contributed by atoms with van der Waals surface area (Å²) in [4.78, 5) is 0. The van der Waals surface area contributed by atoms with Crippen LogP contribution in [0.15, 0.2) is 60.7 Å². The zero-order valence-corrected chi connectivity index (χ0v) is 19.8. The van der Waals surface area contributed by atoms with Gasteiger partial charge in [-0.1, -0.05) is 59.6 Å². The van der Waals surface area contributed by atoms with Gasteiger partial charge in [0.15, 0.2) is 11.5 Å². The highest BCUT2D eigenvalue weighted by Crippen LogP contribution is 2.32. The van der Waals surface area contributed by atoms with Crippen molar-refractivity contribution in [1.82, 2.24) is 5.32 Å². The quantitative estimate of drug-likeness (QED) is 0.342. The van der Waals surface area contributed by atoms with Crippen molar-refractivity contribution in [2.45, 2.75) is 19.6 Å². The average Bonchev–Trinajstić information content (AvgIpc) is 2.76. The van der Waals surface area contributed by atoms with Gasteiger partial charge in [-0.25, -0.2) is 0 Å². The molecule has 0 aliphatic heterocycles. The largest absolute Gasteiger partial charge is 0.496 e. The summed E-state index contributed by atoms with van der Waals surface area (Å²) < 4.78 is 17.0. The van der Waals surface area contributed by atoms with Crippen molar-refractivity contribution >= 4 is 35.6 Å². The summed E-state index contributed by atoms with van der Waals surface area (Å²) in [7, 11) is 3.33. The van der Waals surface area contributed by atoms with E-state index in [9.17, 15) is 0 Å². The fourth-order valence-electron chi connectivity index (χ4n) is 3.17. The molecule has 3 aromatic rings. The maximum atomic E-state index is 6.28. The zero-order chi connectivity index (χ0) is 21.3. The van der Waals surface area contributed by atoms with Gasteiger partial charge in [0.2, 0.25) is 0 Å². The molecule has 7 heteroatoms. The monoisotopic (exact) mass is 481 g/mol. The minimum Gasteiger partial charge on any atom is -0.496 e. The maximum absolute atomic E-state index is 6.28. The lowest BCUT2D eigenvalue weighted by Crippen LogP contribution is -2.17. The van der Waals surface area contributed by atoms with E-state index in [1.807, 2.05) is 42.5 Å². The molecule has 4 nitrogen and oxygen atoms in total. The Kier molecular flexibility index (Phi) is 10.3. The summed E-state index contributed by atoms with van der Waals surface area (Å²) in [5.41, 5.74) is 3.05. The molecule has 0 radical (unpaired) electrons. The van der Waals surface area contributed by atoms with Gasteiger partial charge in [-0.15, -0.1) is 12.4 Å². The molecule has 0 unspecified atom stereocenters. The SMILES string of the molecule is COc1ccccc1CCNCc1cccc(OC)c1OCc1ccc(Cl)cc1Cl.Cl. The lowest BCUT2D eigenvalue weighted by atomic mass is 10.1. The van der Waals surface area contributed by atoms with E-state index < -0.39 is 0 Å². The molecule has 1 N–H and O–H groups in total. The van der Waals surface area contributed by atoms with Crippen LogP contribution in [-0.4, -0.2) is 20.8 Å². The molecule has 0 aromatic heterocycles. The molecule has 3 rings (SSSR count). The Balaban J connectivity index is 0.00000341. The van der Waals surface area contributed by atoms with Crippen LogP contribution < -0.4 is 19.5 Å². The average molecular weight is 483 g/mol. The third-order valence-corrected chi connectivity index (χ3v) is 5.33. The molecule has 0 amide bonds. The Hall–Kier alpha value is -2.11. The number of nitrogens with one attached hydrogen (secondary N) is 1. The first-order chi connectivity index (χ1) is 14.6. The third-order valence-electron chi connectivity index (χ3n) is 4.75. The van der Waals surface area contributed by atoms with Crippen LogP contribution in [0, 0.1) is 0 Å². The second-order valence-electron chi connectivity index (χ2n) is 6.71. The highest BCUT2D eigenvalue weighted by Gasteiger charge is 2.12. The van der Waals surface area contributed by atoms with E-state index in [2.05, 4.69) is 11.4 Å². The van der Waals surface area contributed by atoms with E-state index in [0.29, 0.717) is 34.7 Å². The Morgan fingerprint density at radius 3 is 2.26 bits per heavy atom. The third kappa shape index (κ3) is 6.94. The summed E-state index contributed by atoms with van der Waals surface area (Å²) >= 11 is 12.3. The van der Waals surface area contributed by atoms with Gasteiger partial charge in [0, 0.05) is 27.7 Å². The molecule has 3 aromatic carbocycles. The predicted molar refractivity (Wildman–Crippen MR) is 129 cm³/mol. The summed E-state index contributed by atoms with van der Waals surface area (Å²) in [5, 5.41) is 4.65. The van der Waals surface area contributed by atoms with Crippen molar-refractivity contribution in [1.29, 1.82) is 0 Å². The number of rotatable bonds is 10. The lowest BCUT2D eigenvalue weighted by Gasteiger charge is -2.16. The fourth-order valence-corrected chi connectivity index (χ4v) is 3.63. The second-order valence-corrected chi connectivity index (χ2v) is 7.56. The number of hydrogen-bond acceptors (Lipinski definition) is 4. The van der Waals surface area contributed by atoms with Crippen molar-refractivity contribution in [3.8, 4) is 17.2 Å². The molecule has 0 atom stereocenters. The van der Waals surface area contributed by atoms with Gasteiger partial charge in [0.25, 0.3) is 0 Å². The van der Waals surface area contributed by atoms with Gasteiger partial charge < -0.3 is 19.5 Å². The molecule has 0 saturated heterocycles. The molecule has 0 saturated carbocycles. The van der Waals surface area contributed by atoms with Crippen molar-refractivity contribution in [2.24, 2.45) is 0 Å². The molecule has 0 fully saturated rings. The fraction of sp³-hybridized carbons (Fsp3) is 0.250. The van der Waals surface area contributed by atoms with E-state index in [4.69, 9.17) is 37.4 Å². The summed E-state index contributed by atoms with van der Waals surface area (Å²) in [6, 6.07) is 19.3.